The van der Waals surface area contributed by atoms with Gasteiger partial charge in [0.25, 0.3) is 0 Å². The summed E-state index contributed by atoms with van der Waals surface area (Å²) in [4.78, 5) is 32.7. The average Bonchev–Trinajstić information content (AvgIpc) is 2.33. The number of aliphatic carboxylic acids is 2. The highest BCUT2D eigenvalue weighted by Crippen LogP contribution is 2.04. The minimum absolute atomic E-state index is 0.107. The summed E-state index contributed by atoms with van der Waals surface area (Å²) in [6, 6.07) is -1.03. The van der Waals surface area contributed by atoms with Gasteiger partial charge in [0.05, 0.1) is 12.4 Å². The van der Waals surface area contributed by atoms with Crippen molar-refractivity contribution in [2.45, 2.75) is 25.3 Å². The van der Waals surface area contributed by atoms with Crippen LogP contribution in [0.2, 0.25) is 0 Å². The Morgan fingerprint density at radius 3 is 2.53 bits per heavy atom. The van der Waals surface area contributed by atoms with E-state index in [4.69, 9.17) is 14.9 Å². The average molecular weight is 293 g/mol. The highest BCUT2D eigenvalue weighted by atomic mass is 32.2. The lowest BCUT2D eigenvalue weighted by atomic mass is 10.1. The predicted molar refractivity (Wildman–Crippen MR) is 70.3 cm³/mol. The van der Waals surface area contributed by atoms with E-state index in [9.17, 15) is 14.4 Å². The van der Waals surface area contributed by atoms with Crippen molar-refractivity contribution in [2.75, 3.05) is 25.2 Å². The lowest BCUT2D eigenvalue weighted by Crippen LogP contribution is -2.41. The zero-order chi connectivity index (χ0) is 14.7. The molecule has 0 heterocycles. The van der Waals surface area contributed by atoms with E-state index in [-0.39, 0.29) is 30.9 Å². The first-order chi connectivity index (χ1) is 8.97. The molecule has 0 aromatic carbocycles. The molecule has 110 valence electrons. The van der Waals surface area contributed by atoms with Crippen molar-refractivity contribution in [3.63, 3.8) is 0 Å². The van der Waals surface area contributed by atoms with E-state index in [2.05, 4.69) is 5.32 Å². The molecule has 0 rings (SSSR count). The van der Waals surface area contributed by atoms with Gasteiger partial charge >= 0.3 is 11.9 Å². The van der Waals surface area contributed by atoms with E-state index in [0.717, 1.165) is 0 Å². The van der Waals surface area contributed by atoms with Crippen molar-refractivity contribution in [3.05, 3.63) is 0 Å². The number of hydrogen-bond donors (Lipinski definition) is 3. The van der Waals surface area contributed by atoms with Crippen LogP contribution in [-0.2, 0) is 19.1 Å². The molecule has 7 nitrogen and oxygen atoms in total. The van der Waals surface area contributed by atoms with Crippen LogP contribution in [0.25, 0.3) is 0 Å². The van der Waals surface area contributed by atoms with Crippen molar-refractivity contribution in [2.24, 2.45) is 0 Å². The van der Waals surface area contributed by atoms with E-state index >= 15 is 0 Å². The minimum atomic E-state index is -1.15. The molecule has 0 aliphatic carbocycles. The van der Waals surface area contributed by atoms with Crippen LogP contribution < -0.4 is 5.32 Å². The second-order valence-electron chi connectivity index (χ2n) is 3.79. The fourth-order valence-corrected chi connectivity index (χ4v) is 1.96. The number of hydrogen-bond acceptors (Lipinski definition) is 5. The fourth-order valence-electron chi connectivity index (χ4n) is 1.26. The molecule has 0 saturated carbocycles. The molecule has 0 aliphatic rings. The number of carboxylic acid groups (broad SMARTS) is 2. The molecule has 0 aliphatic heterocycles. The molecule has 19 heavy (non-hydrogen) atoms. The molecule has 8 heteroatoms. The third-order valence-electron chi connectivity index (χ3n) is 2.18. The molecule has 0 fully saturated rings. The Hall–Kier alpha value is -1.28. The number of rotatable bonds is 11. The van der Waals surface area contributed by atoms with Crippen molar-refractivity contribution in [1.29, 1.82) is 0 Å². The largest absolute Gasteiger partial charge is 0.481 e. The highest BCUT2D eigenvalue weighted by Gasteiger charge is 2.19. The summed E-state index contributed by atoms with van der Waals surface area (Å²) >= 11 is 1.34. The smallest absolute Gasteiger partial charge is 0.326 e. The van der Waals surface area contributed by atoms with E-state index in [1.807, 2.05) is 0 Å². The number of methoxy groups -OCH3 is 1. The first-order valence-corrected chi connectivity index (χ1v) is 6.93. The number of carboxylic acids is 2. The topological polar surface area (TPSA) is 113 Å². The summed E-state index contributed by atoms with van der Waals surface area (Å²) in [5.74, 6) is -1.69. The van der Waals surface area contributed by atoms with E-state index in [1.165, 1.54) is 11.8 Å². The van der Waals surface area contributed by atoms with Gasteiger partial charge in [-0.1, -0.05) is 0 Å². The van der Waals surface area contributed by atoms with Gasteiger partial charge in [-0.25, -0.2) is 4.79 Å². The first kappa shape index (κ1) is 17.7. The lowest BCUT2D eigenvalue weighted by molar-refractivity contribution is -0.142. The van der Waals surface area contributed by atoms with Crippen LogP contribution in [0.4, 0.5) is 0 Å². The summed E-state index contributed by atoms with van der Waals surface area (Å²) in [6.45, 7) is 0.527. The van der Waals surface area contributed by atoms with Gasteiger partial charge in [-0.2, -0.15) is 0 Å². The van der Waals surface area contributed by atoms with Crippen LogP contribution in [-0.4, -0.2) is 59.3 Å². The van der Waals surface area contributed by atoms with Gasteiger partial charge < -0.3 is 20.3 Å². The summed E-state index contributed by atoms with van der Waals surface area (Å²) in [5.41, 5.74) is 0. The van der Waals surface area contributed by atoms with Gasteiger partial charge in [0.2, 0.25) is 5.91 Å². The van der Waals surface area contributed by atoms with Gasteiger partial charge in [-0.3, -0.25) is 9.59 Å². The highest BCUT2D eigenvalue weighted by molar-refractivity contribution is 7.99. The van der Waals surface area contributed by atoms with Crippen LogP contribution in [0.5, 0.6) is 0 Å². The normalized spacial score (nSPS) is 11.8. The maximum absolute atomic E-state index is 11.5. The molecule has 0 aromatic heterocycles. The molecule has 0 saturated heterocycles. The molecule has 1 amide bonds. The van der Waals surface area contributed by atoms with Crippen LogP contribution in [0.1, 0.15) is 19.3 Å². The quantitative estimate of drug-likeness (QED) is 0.466. The number of carbonyl (C=O) groups excluding carboxylic acids is 1. The summed E-state index contributed by atoms with van der Waals surface area (Å²) < 4.78 is 4.82. The molecule has 3 N–H and O–H groups in total. The summed E-state index contributed by atoms with van der Waals surface area (Å²) in [5, 5.41) is 19.7. The predicted octanol–water partition coefficient (Wildman–Crippen LogP) is 0.190. The number of amides is 1. The molecule has 0 spiro atoms. The number of nitrogens with one attached hydrogen (secondary N) is 1. The van der Waals surface area contributed by atoms with Gasteiger partial charge in [0.15, 0.2) is 0 Å². The summed E-state index contributed by atoms with van der Waals surface area (Å²) in [6.07, 6.45) is 0.210. The number of thioether (sulfide) groups is 1. The zero-order valence-electron chi connectivity index (χ0n) is 10.8. The zero-order valence-corrected chi connectivity index (χ0v) is 11.6. The molecular formula is C11H19NO6S. The number of carbonyl (C=O) groups is 3. The standard InChI is InChI=1S/C11H19NO6S/c1-18-5-6-19-7-9(13)12-8(11(16)17)3-2-4-10(14)15/h8H,2-7H2,1H3,(H,12,13)(H,14,15)(H,16,17)/t8-/m1/s1. The third kappa shape index (κ3) is 10.3. The van der Waals surface area contributed by atoms with Crippen molar-refractivity contribution in [1.82, 2.24) is 5.32 Å². The lowest BCUT2D eigenvalue weighted by Gasteiger charge is -2.13. The third-order valence-corrected chi connectivity index (χ3v) is 3.10. The Balaban J connectivity index is 3.94. The monoisotopic (exact) mass is 293 g/mol. The molecule has 0 radical (unpaired) electrons. The molecule has 0 bridgehead atoms. The van der Waals surface area contributed by atoms with Gasteiger partial charge in [-0.05, 0) is 12.8 Å². The van der Waals surface area contributed by atoms with E-state index in [0.29, 0.717) is 12.4 Å². The Bertz CT molecular complexity index is 310. The van der Waals surface area contributed by atoms with Crippen LogP contribution in [0.15, 0.2) is 0 Å². The van der Waals surface area contributed by atoms with E-state index in [1.54, 1.807) is 7.11 Å². The maximum atomic E-state index is 11.5. The van der Waals surface area contributed by atoms with Crippen LogP contribution >= 0.6 is 11.8 Å². The summed E-state index contributed by atoms with van der Waals surface area (Å²) in [7, 11) is 1.56. The van der Waals surface area contributed by atoms with Gasteiger partial charge in [0, 0.05) is 19.3 Å². The number of ether oxygens (including phenoxy) is 1. The van der Waals surface area contributed by atoms with Crippen molar-refractivity contribution < 1.29 is 29.3 Å². The Labute approximate surface area is 115 Å². The Kier molecular flexibility index (Phi) is 9.91. The van der Waals surface area contributed by atoms with Crippen LogP contribution in [0, 0.1) is 0 Å². The minimum Gasteiger partial charge on any atom is -0.481 e. The molecule has 1 atom stereocenters. The van der Waals surface area contributed by atoms with Crippen LogP contribution in [0.3, 0.4) is 0 Å². The molecule has 0 aromatic rings. The molecule has 0 unspecified atom stereocenters. The Morgan fingerprint density at radius 1 is 1.32 bits per heavy atom. The second kappa shape index (κ2) is 10.6. The van der Waals surface area contributed by atoms with Crippen molar-refractivity contribution >= 4 is 29.6 Å². The SMILES string of the molecule is COCCSCC(=O)N[C@H](CCCC(=O)O)C(=O)O. The first-order valence-electron chi connectivity index (χ1n) is 5.78. The second-order valence-corrected chi connectivity index (χ2v) is 4.89. The molecular weight excluding hydrogens is 274 g/mol. The maximum Gasteiger partial charge on any atom is 0.326 e. The van der Waals surface area contributed by atoms with Gasteiger partial charge in [-0.15, -0.1) is 11.8 Å². The van der Waals surface area contributed by atoms with Gasteiger partial charge in [0.1, 0.15) is 6.04 Å². The Morgan fingerprint density at radius 2 is 2.00 bits per heavy atom. The van der Waals surface area contributed by atoms with Crippen molar-refractivity contribution in [3.8, 4) is 0 Å². The fraction of sp³-hybridized carbons (Fsp3) is 0.727. The van der Waals surface area contributed by atoms with E-state index < -0.39 is 18.0 Å².